The molecular weight excluding hydrogens is 176 g/mol. The van der Waals surface area contributed by atoms with Crippen molar-refractivity contribution in [2.45, 2.75) is 57.7 Å². The van der Waals surface area contributed by atoms with E-state index in [0.29, 0.717) is 0 Å². The Bertz CT molecular complexity index is 230. The van der Waals surface area contributed by atoms with Crippen LogP contribution in [0.15, 0.2) is 0 Å². The summed E-state index contributed by atoms with van der Waals surface area (Å²) in [5, 5.41) is 21.9. The molecule has 0 amide bonds. The van der Waals surface area contributed by atoms with Gasteiger partial charge in [0.25, 0.3) is 0 Å². The number of nitrogens with zero attached hydrogens (tertiary/aromatic N) is 1. The van der Waals surface area contributed by atoms with Crippen molar-refractivity contribution < 1.29 is 5.11 Å². The number of nitriles is 1. The number of aliphatic hydroxyl groups excluding tert-OH is 1. The molecule has 0 aromatic rings. The Labute approximate surface area is 86.1 Å². The molecule has 0 heterocycles. The third-order valence-electron chi connectivity index (χ3n) is 3.28. The predicted octanol–water partition coefficient (Wildman–Crippen LogP) is 1.43. The summed E-state index contributed by atoms with van der Waals surface area (Å²) in [6, 6.07) is 2.59. The van der Waals surface area contributed by atoms with Crippen LogP contribution in [0.25, 0.3) is 0 Å². The number of hydrogen-bond acceptors (Lipinski definition) is 3. The van der Waals surface area contributed by atoms with Crippen LogP contribution in [0, 0.1) is 17.2 Å². The fraction of sp³-hybridized carbons (Fsp3) is 0.909. The fourth-order valence-corrected chi connectivity index (χ4v) is 1.89. The Morgan fingerprint density at radius 1 is 1.50 bits per heavy atom. The average Bonchev–Trinajstić information content (AvgIpc) is 2.50. The third-order valence-corrected chi connectivity index (χ3v) is 3.28. The minimum Gasteiger partial charge on any atom is -0.392 e. The minimum atomic E-state index is -0.401. The van der Waals surface area contributed by atoms with Crippen molar-refractivity contribution in [1.82, 2.24) is 5.32 Å². The van der Waals surface area contributed by atoms with Gasteiger partial charge >= 0.3 is 0 Å². The molecule has 0 aromatic heterocycles. The van der Waals surface area contributed by atoms with Gasteiger partial charge in [-0.25, -0.2) is 0 Å². The normalized spacial score (nSPS) is 29.9. The monoisotopic (exact) mass is 196 g/mol. The molecule has 3 heteroatoms. The number of nitrogens with one attached hydrogen (secondary N) is 1. The Morgan fingerprint density at radius 2 is 2.14 bits per heavy atom. The van der Waals surface area contributed by atoms with Crippen LogP contribution >= 0.6 is 0 Å². The molecule has 3 nitrogen and oxygen atoms in total. The molecule has 1 fully saturated rings. The molecule has 1 rings (SSSR count). The van der Waals surface area contributed by atoms with Crippen molar-refractivity contribution in [3.63, 3.8) is 0 Å². The van der Waals surface area contributed by atoms with Crippen molar-refractivity contribution in [1.29, 1.82) is 5.26 Å². The lowest BCUT2D eigenvalue weighted by atomic mass is 9.95. The summed E-state index contributed by atoms with van der Waals surface area (Å²) >= 11 is 0. The van der Waals surface area contributed by atoms with Crippen LogP contribution < -0.4 is 5.32 Å². The van der Waals surface area contributed by atoms with Gasteiger partial charge in [-0.05, 0) is 33.6 Å². The van der Waals surface area contributed by atoms with E-state index in [4.69, 9.17) is 5.26 Å². The van der Waals surface area contributed by atoms with E-state index in [1.807, 2.05) is 13.8 Å². The van der Waals surface area contributed by atoms with Crippen LogP contribution in [0.1, 0.15) is 40.0 Å². The van der Waals surface area contributed by atoms with E-state index >= 15 is 0 Å². The molecule has 1 saturated carbocycles. The molecule has 0 aromatic carbocycles. The zero-order chi connectivity index (χ0) is 10.8. The molecule has 0 radical (unpaired) electrons. The Balaban J connectivity index is 2.56. The second kappa shape index (κ2) is 4.29. The largest absolute Gasteiger partial charge is 0.392 e. The molecule has 80 valence electrons. The van der Waals surface area contributed by atoms with E-state index in [0.717, 1.165) is 19.3 Å². The SMILES string of the molecule is CC(O)C(C)(C)NC1CCCC1C#N. The van der Waals surface area contributed by atoms with Crippen molar-refractivity contribution in [3.05, 3.63) is 0 Å². The van der Waals surface area contributed by atoms with Gasteiger partial charge in [0.05, 0.1) is 18.1 Å². The first-order chi connectivity index (χ1) is 6.47. The number of aliphatic hydroxyl groups is 1. The van der Waals surface area contributed by atoms with Crippen LogP contribution in [-0.4, -0.2) is 22.8 Å². The van der Waals surface area contributed by atoms with Crippen LogP contribution in [0.3, 0.4) is 0 Å². The van der Waals surface area contributed by atoms with Crippen LogP contribution in [-0.2, 0) is 0 Å². The summed E-state index contributed by atoms with van der Waals surface area (Å²) in [7, 11) is 0. The minimum absolute atomic E-state index is 0.119. The van der Waals surface area contributed by atoms with E-state index in [1.54, 1.807) is 6.92 Å². The quantitative estimate of drug-likeness (QED) is 0.718. The van der Waals surface area contributed by atoms with Gasteiger partial charge in [0.15, 0.2) is 0 Å². The first kappa shape index (κ1) is 11.5. The Morgan fingerprint density at radius 3 is 2.64 bits per heavy atom. The van der Waals surface area contributed by atoms with Crippen LogP contribution in [0.4, 0.5) is 0 Å². The van der Waals surface area contributed by atoms with Gasteiger partial charge in [-0.1, -0.05) is 6.42 Å². The van der Waals surface area contributed by atoms with E-state index in [1.165, 1.54) is 0 Å². The van der Waals surface area contributed by atoms with Gasteiger partial charge in [-0.15, -0.1) is 0 Å². The molecule has 2 N–H and O–H groups in total. The Kier molecular flexibility index (Phi) is 3.52. The first-order valence-electron chi connectivity index (χ1n) is 5.33. The lowest BCUT2D eigenvalue weighted by Gasteiger charge is -2.33. The van der Waals surface area contributed by atoms with E-state index in [2.05, 4.69) is 11.4 Å². The maximum Gasteiger partial charge on any atom is 0.0688 e. The van der Waals surface area contributed by atoms with Crippen LogP contribution in [0.5, 0.6) is 0 Å². The highest BCUT2D eigenvalue weighted by Gasteiger charge is 2.33. The molecule has 0 saturated heterocycles. The molecule has 1 aliphatic carbocycles. The highest BCUT2D eigenvalue weighted by atomic mass is 16.3. The van der Waals surface area contributed by atoms with Gasteiger partial charge < -0.3 is 10.4 Å². The van der Waals surface area contributed by atoms with Gasteiger partial charge in [-0.2, -0.15) is 5.26 Å². The molecule has 3 atom stereocenters. The van der Waals surface area contributed by atoms with Gasteiger partial charge in [-0.3, -0.25) is 0 Å². The summed E-state index contributed by atoms with van der Waals surface area (Å²) < 4.78 is 0. The van der Waals surface area contributed by atoms with Crippen molar-refractivity contribution in [3.8, 4) is 6.07 Å². The molecule has 0 bridgehead atoms. The molecule has 3 unspecified atom stereocenters. The predicted molar refractivity (Wildman–Crippen MR) is 55.6 cm³/mol. The topological polar surface area (TPSA) is 56.0 Å². The smallest absolute Gasteiger partial charge is 0.0688 e. The summed E-state index contributed by atoms with van der Waals surface area (Å²) in [6.45, 7) is 5.73. The molecular formula is C11H20N2O. The lowest BCUT2D eigenvalue weighted by molar-refractivity contribution is 0.0858. The van der Waals surface area contributed by atoms with E-state index < -0.39 is 6.10 Å². The summed E-state index contributed by atoms with van der Waals surface area (Å²) in [6.07, 6.45) is 2.76. The average molecular weight is 196 g/mol. The zero-order valence-electron chi connectivity index (χ0n) is 9.25. The van der Waals surface area contributed by atoms with E-state index in [9.17, 15) is 5.11 Å². The maximum atomic E-state index is 9.55. The first-order valence-corrected chi connectivity index (χ1v) is 5.33. The molecule has 0 spiro atoms. The summed E-state index contributed by atoms with van der Waals surface area (Å²) in [5.74, 6) is 0.119. The summed E-state index contributed by atoms with van der Waals surface area (Å²) in [4.78, 5) is 0. The highest BCUT2D eigenvalue weighted by Crippen LogP contribution is 2.27. The van der Waals surface area contributed by atoms with Crippen molar-refractivity contribution in [2.75, 3.05) is 0 Å². The van der Waals surface area contributed by atoms with Gasteiger partial charge in [0.2, 0.25) is 0 Å². The Hall–Kier alpha value is -0.590. The van der Waals surface area contributed by atoms with Gasteiger partial charge in [0.1, 0.15) is 0 Å². The number of hydrogen-bond donors (Lipinski definition) is 2. The molecule has 0 aliphatic heterocycles. The molecule has 14 heavy (non-hydrogen) atoms. The zero-order valence-corrected chi connectivity index (χ0v) is 9.25. The number of rotatable bonds is 3. The van der Waals surface area contributed by atoms with Crippen molar-refractivity contribution >= 4 is 0 Å². The van der Waals surface area contributed by atoms with E-state index in [-0.39, 0.29) is 17.5 Å². The maximum absolute atomic E-state index is 9.55. The highest BCUT2D eigenvalue weighted by molar-refractivity contribution is 5.00. The van der Waals surface area contributed by atoms with Gasteiger partial charge in [0, 0.05) is 11.6 Å². The second-order valence-electron chi connectivity index (χ2n) is 4.81. The third kappa shape index (κ3) is 2.46. The molecule has 1 aliphatic rings. The fourth-order valence-electron chi connectivity index (χ4n) is 1.89. The summed E-state index contributed by atoms with van der Waals surface area (Å²) in [5.41, 5.74) is -0.301. The second-order valence-corrected chi connectivity index (χ2v) is 4.81. The standard InChI is InChI=1S/C11H20N2O/c1-8(14)11(2,3)13-10-6-4-5-9(10)7-12/h8-10,13-14H,4-6H2,1-3H3. The lowest BCUT2D eigenvalue weighted by Crippen LogP contribution is -2.53. The van der Waals surface area contributed by atoms with Crippen molar-refractivity contribution in [2.24, 2.45) is 5.92 Å². The van der Waals surface area contributed by atoms with Crippen LogP contribution in [0.2, 0.25) is 0 Å².